The molecule has 0 radical (unpaired) electrons. The van der Waals surface area contributed by atoms with Gasteiger partial charge in [0.15, 0.2) is 5.60 Å². The Morgan fingerprint density at radius 2 is 1.38 bits per heavy atom. The number of rotatable bonds is 8. The van der Waals surface area contributed by atoms with Crippen molar-refractivity contribution < 1.29 is 30.0 Å². The van der Waals surface area contributed by atoms with Crippen molar-refractivity contribution in [1.29, 1.82) is 0 Å². The largest absolute Gasteiger partial charge is 0.394 e. The summed E-state index contributed by atoms with van der Waals surface area (Å²) in [7, 11) is 0. The second-order valence-electron chi connectivity index (χ2n) is 9.93. The van der Waals surface area contributed by atoms with E-state index in [-0.39, 0.29) is 19.1 Å². The van der Waals surface area contributed by atoms with Crippen LogP contribution in [0.2, 0.25) is 0 Å². The summed E-state index contributed by atoms with van der Waals surface area (Å²) in [5.41, 5.74) is -2.78. The highest BCUT2D eigenvalue weighted by molar-refractivity contribution is 5.88. The molecular weight excluding hydrogens is 376 g/mol. The molecule has 2 rings (SSSR count). The van der Waals surface area contributed by atoms with Crippen molar-refractivity contribution in [2.24, 2.45) is 0 Å². The minimum absolute atomic E-state index is 0.0343. The van der Waals surface area contributed by atoms with Crippen LogP contribution < -0.4 is 0 Å². The maximum atomic E-state index is 13.7. The highest BCUT2D eigenvalue weighted by Gasteiger charge is 2.65. The molecule has 2 aliphatic rings. The smallest absolute Gasteiger partial charge is 0.257 e. The number of aliphatic hydroxyl groups is 4. The fraction of sp³-hybridized carbons (Fsp3) is 0.952. The minimum atomic E-state index is -1.03. The SMILES string of the molecule is CCC1(CC)OC2(CC(C)(C)N(CC(O)CO)C(C)(C)C2)C(=O)N1CC(O)CO. The van der Waals surface area contributed by atoms with Gasteiger partial charge in [-0.05, 0) is 40.5 Å². The fourth-order valence-electron chi connectivity index (χ4n) is 5.64. The van der Waals surface area contributed by atoms with Crippen LogP contribution in [0.5, 0.6) is 0 Å². The molecule has 0 aromatic rings. The van der Waals surface area contributed by atoms with Crippen molar-refractivity contribution in [2.75, 3.05) is 26.3 Å². The number of ether oxygens (including phenoxy) is 1. The third-order valence-corrected chi connectivity index (χ3v) is 6.72. The average molecular weight is 417 g/mol. The predicted octanol–water partition coefficient (Wildman–Crippen LogP) is 0.460. The third-order valence-electron chi connectivity index (χ3n) is 6.72. The van der Waals surface area contributed by atoms with E-state index in [4.69, 9.17) is 4.74 Å². The van der Waals surface area contributed by atoms with Crippen LogP contribution in [-0.2, 0) is 9.53 Å². The molecule has 8 heteroatoms. The van der Waals surface area contributed by atoms with E-state index in [0.29, 0.717) is 32.2 Å². The number of nitrogens with zero attached hydrogens (tertiary/aromatic N) is 2. The van der Waals surface area contributed by atoms with E-state index in [1.54, 1.807) is 4.90 Å². The minimum Gasteiger partial charge on any atom is -0.394 e. The van der Waals surface area contributed by atoms with Crippen molar-refractivity contribution in [3.8, 4) is 0 Å². The number of aliphatic hydroxyl groups excluding tert-OH is 4. The Bertz CT molecular complexity index is 572. The summed E-state index contributed by atoms with van der Waals surface area (Å²) in [6.45, 7) is 11.7. The number of likely N-dealkylation sites (tertiary alicyclic amines) is 1. The van der Waals surface area contributed by atoms with Gasteiger partial charge in [-0.1, -0.05) is 13.8 Å². The molecule has 2 atom stereocenters. The molecule has 1 amide bonds. The Kier molecular flexibility index (Phi) is 7.10. The molecule has 0 aromatic heterocycles. The van der Waals surface area contributed by atoms with Crippen LogP contribution in [0.25, 0.3) is 0 Å². The van der Waals surface area contributed by atoms with E-state index < -0.39 is 41.2 Å². The Hall–Kier alpha value is -0.770. The maximum Gasteiger partial charge on any atom is 0.257 e. The van der Waals surface area contributed by atoms with Gasteiger partial charge in [-0.3, -0.25) is 9.69 Å². The van der Waals surface area contributed by atoms with Gasteiger partial charge in [-0.15, -0.1) is 0 Å². The topological polar surface area (TPSA) is 114 Å². The second-order valence-corrected chi connectivity index (χ2v) is 9.93. The standard InChI is InChI=1S/C21H40N2O6/c1-7-21(8-2)22(9-15(26)11-24)17(28)20(29-21)13-18(3,4)23(10-16(27)12-25)19(5,6)14-20/h15-16,24-27H,7-14H2,1-6H3. The molecule has 2 heterocycles. The molecule has 0 aromatic carbocycles. The first-order chi connectivity index (χ1) is 13.3. The maximum absolute atomic E-state index is 13.7. The summed E-state index contributed by atoms with van der Waals surface area (Å²) in [5, 5.41) is 38.8. The molecule has 2 unspecified atom stereocenters. The summed E-state index contributed by atoms with van der Waals surface area (Å²) in [6, 6.07) is 0. The Balaban J connectivity index is 2.44. The molecular formula is C21H40N2O6. The van der Waals surface area contributed by atoms with Crippen LogP contribution in [0, 0.1) is 0 Å². The molecule has 0 saturated carbocycles. The van der Waals surface area contributed by atoms with Gasteiger partial charge < -0.3 is 30.1 Å². The van der Waals surface area contributed by atoms with Gasteiger partial charge in [-0.2, -0.15) is 0 Å². The molecule has 1 spiro atoms. The zero-order valence-corrected chi connectivity index (χ0v) is 18.8. The van der Waals surface area contributed by atoms with Gasteiger partial charge in [0.2, 0.25) is 0 Å². The fourth-order valence-corrected chi connectivity index (χ4v) is 5.64. The lowest BCUT2D eigenvalue weighted by molar-refractivity contribution is -0.201. The van der Waals surface area contributed by atoms with Gasteiger partial charge in [0.05, 0.1) is 32.0 Å². The Morgan fingerprint density at radius 3 is 1.79 bits per heavy atom. The van der Waals surface area contributed by atoms with Crippen LogP contribution in [0.3, 0.4) is 0 Å². The summed E-state index contributed by atoms with van der Waals surface area (Å²) in [6.07, 6.45) is 0.175. The van der Waals surface area contributed by atoms with Crippen molar-refractivity contribution in [3.63, 3.8) is 0 Å². The number of hydrogen-bond donors (Lipinski definition) is 4. The lowest BCUT2D eigenvalue weighted by Gasteiger charge is -2.58. The van der Waals surface area contributed by atoms with Crippen molar-refractivity contribution in [1.82, 2.24) is 9.80 Å². The van der Waals surface area contributed by atoms with E-state index in [1.807, 2.05) is 41.5 Å². The van der Waals surface area contributed by atoms with Crippen molar-refractivity contribution >= 4 is 5.91 Å². The molecule has 0 bridgehead atoms. The number of hydrogen-bond acceptors (Lipinski definition) is 7. The second kappa shape index (κ2) is 8.40. The van der Waals surface area contributed by atoms with Crippen molar-refractivity contribution in [2.45, 2.75) is 102 Å². The van der Waals surface area contributed by atoms with Crippen LogP contribution in [0.15, 0.2) is 0 Å². The highest BCUT2D eigenvalue weighted by Crippen LogP contribution is 2.52. The summed E-state index contributed by atoms with van der Waals surface area (Å²) in [5.74, 6) is -0.141. The van der Waals surface area contributed by atoms with E-state index in [2.05, 4.69) is 4.90 Å². The van der Waals surface area contributed by atoms with Crippen LogP contribution >= 0.6 is 0 Å². The van der Waals surface area contributed by atoms with E-state index in [1.165, 1.54) is 0 Å². The summed E-state index contributed by atoms with van der Waals surface area (Å²) >= 11 is 0. The quantitative estimate of drug-likeness (QED) is 0.455. The van der Waals surface area contributed by atoms with Gasteiger partial charge in [-0.25, -0.2) is 0 Å². The molecule has 4 N–H and O–H groups in total. The zero-order valence-electron chi connectivity index (χ0n) is 18.8. The molecule has 170 valence electrons. The first-order valence-electron chi connectivity index (χ1n) is 10.7. The Labute approximate surface area is 174 Å². The Morgan fingerprint density at radius 1 is 0.931 bits per heavy atom. The summed E-state index contributed by atoms with van der Waals surface area (Å²) in [4.78, 5) is 17.5. The van der Waals surface area contributed by atoms with Gasteiger partial charge in [0.25, 0.3) is 5.91 Å². The van der Waals surface area contributed by atoms with Crippen LogP contribution in [0.1, 0.15) is 67.2 Å². The monoisotopic (exact) mass is 416 g/mol. The van der Waals surface area contributed by atoms with E-state index in [0.717, 1.165) is 0 Å². The molecule has 0 aliphatic carbocycles. The van der Waals surface area contributed by atoms with E-state index >= 15 is 0 Å². The number of β-amino-alcohol motifs (C(OH)–C–C–N with tert-alkyl or cyclic N) is 2. The van der Waals surface area contributed by atoms with E-state index in [9.17, 15) is 25.2 Å². The number of carbonyl (C=O) groups excluding carboxylic acids is 1. The van der Waals surface area contributed by atoms with Gasteiger partial charge >= 0.3 is 0 Å². The molecule has 29 heavy (non-hydrogen) atoms. The first kappa shape index (κ1) is 24.5. The molecule has 8 nitrogen and oxygen atoms in total. The first-order valence-corrected chi connectivity index (χ1v) is 10.7. The number of amides is 1. The summed E-state index contributed by atoms with van der Waals surface area (Å²) < 4.78 is 6.64. The highest BCUT2D eigenvalue weighted by atomic mass is 16.6. The van der Waals surface area contributed by atoms with Crippen molar-refractivity contribution in [3.05, 3.63) is 0 Å². The lowest BCUT2D eigenvalue weighted by atomic mass is 9.70. The molecule has 2 aliphatic heterocycles. The van der Waals surface area contributed by atoms with Crippen LogP contribution in [0.4, 0.5) is 0 Å². The molecule has 2 saturated heterocycles. The number of piperidine rings is 1. The average Bonchev–Trinajstić information content (AvgIpc) is 2.85. The third kappa shape index (κ3) is 4.34. The van der Waals surface area contributed by atoms with Gasteiger partial charge in [0, 0.05) is 30.5 Å². The predicted molar refractivity (Wildman–Crippen MR) is 109 cm³/mol. The molecule has 2 fully saturated rings. The van der Waals surface area contributed by atoms with Gasteiger partial charge in [0.1, 0.15) is 5.72 Å². The normalized spacial score (nSPS) is 27.4. The lowest BCUT2D eigenvalue weighted by Crippen LogP contribution is -2.68. The zero-order chi connectivity index (χ0) is 22.3. The number of carbonyl (C=O) groups is 1. The van der Waals surface area contributed by atoms with Crippen LogP contribution in [-0.4, -0.2) is 97.0 Å².